The molecular formula is C17H20N8O2. The van der Waals surface area contributed by atoms with E-state index < -0.39 is 0 Å². The van der Waals surface area contributed by atoms with Gasteiger partial charge in [-0.25, -0.2) is 4.98 Å². The first-order chi connectivity index (χ1) is 13.1. The molecule has 0 saturated carbocycles. The average Bonchev–Trinajstić information content (AvgIpc) is 3.33. The lowest BCUT2D eigenvalue weighted by molar-refractivity contribution is 0.0697. The molecule has 1 atom stereocenters. The van der Waals surface area contributed by atoms with Crippen LogP contribution in [0, 0.1) is 0 Å². The Hall–Kier alpha value is -3.30. The number of likely N-dealkylation sites (tertiary alicyclic amines) is 1. The summed E-state index contributed by atoms with van der Waals surface area (Å²) in [5, 5.41) is 12.9. The number of hydrogen-bond donors (Lipinski definition) is 1. The van der Waals surface area contributed by atoms with E-state index in [1.54, 1.807) is 15.8 Å². The standard InChI is InChI=1S/C17H20N8O2/c1-23-14(11-25-7-3-5-20-25)21-22-16(23)12-4-2-6-24(10-12)17(27)13-8-19-15(26)9-18-13/h3,5,7-9,12H,2,4,6,10-11H2,1H3,(H,19,26)/t12-/m0/s1. The minimum absolute atomic E-state index is 0.106. The van der Waals surface area contributed by atoms with Crippen molar-refractivity contribution < 1.29 is 4.79 Å². The third-order valence-corrected chi connectivity index (χ3v) is 4.83. The zero-order chi connectivity index (χ0) is 18.8. The van der Waals surface area contributed by atoms with E-state index in [0.29, 0.717) is 19.6 Å². The summed E-state index contributed by atoms with van der Waals surface area (Å²) in [6, 6.07) is 1.87. The lowest BCUT2D eigenvalue weighted by Crippen LogP contribution is -2.40. The van der Waals surface area contributed by atoms with E-state index in [0.717, 1.165) is 30.7 Å². The highest BCUT2D eigenvalue weighted by Crippen LogP contribution is 2.26. The minimum atomic E-state index is -0.327. The lowest BCUT2D eigenvalue weighted by atomic mass is 9.97. The van der Waals surface area contributed by atoms with Crippen LogP contribution in [0.25, 0.3) is 0 Å². The number of piperidine rings is 1. The van der Waals surface area contributed by atoms with Crippen molar-refractivity contribution in [2.24, 2.45) is 7.05 Å². The molecule has 10 nitrogen and oxygen atoms in total. The largest absolute Gasteiger partial charge is 0.337 e. The van der Waals surface area contributed by atoms with Gasteiger partial charge in [-0.15, -0.1) is 10.2 Å². The van der Waals surface area contributed by atoms with Crippen molar-refractivity contribution >= 4 is 5.91 Å². The maximum Gasteiger partial charge on any atom is 0.273 e. The fraction of sp³-hybridized carbons (Fsp3) is 0.412. The summed E-state index contributed by atoms with van der Waals surface area (Å²) in [7, 11) is 1.94. The van der Waals surface area contributed by atoms with Crippen LogP contribution in [0.4, 0.5) is 0 Å². The smallest absolute Gasteiger partial charge is 0.273 e. The zero-order valence-electron chi connectivity index (χ0n) is 14.9. The molecule has 0 aromatic carbocycles. The van der Waals surface area contributed by atoms with Crippen molar-refractivity contribution in [2.75, 3.05) is 13.1 Å². The van der Waals surface area contributed by atoms with Gasteiger partial charge < -0.3 is 14.5 Å². The van der Waals surface area contributed by atoms with Crippen molar-refractivity contribution in [2.45, 2.75) is 25.3 Å². The highest BCUT2D eigenvalue weighted by molar-refractivity contribution is 5.92. The van der Waals surface area contributed by atoms with Crippen LogP contribution in [-0.4, -0.2) is 58.4 Å². The van der Waals surface area contributed by atoms with Gasteiger partial charge in [0.25, 0.3) is 11.5 Å². The number of carbonyl (C=O) groups is 1. The quantitative estimate of drug-likeness (QED) is 0.702. The second-order valence-electron chi connectivity index (χ2n) is 6.62. The Morgan fingerprint density at radius 3 is 3.00 bits per heavy atom. The molecule has 1 aliphatic heterocycles. The second-order valence-corrected chi connectivity index (χ2v) is 6.62. The first-order valence-electron chi connectivity index (χ1n) is 8.81. The Bertz CT molecular complexity index is 970. The number of nitrogens with one attached hydrogen (secondary N) is 1. The van der Waals surface area contributed by atoms with E-state index in [1.807, 2.05) is 23.9 Å². The summed E-state index contributed by atoms with van der Waals surface area (Å²) < 4.78 is 3.78. The van der Waals surface area contributed by atoms with E-state index in [-0.39, 0.29) is 23.1 Å². The number of aromatic nitrogens is 7. The third kappa shape index (κ3) is 3.50. The molecule has 10 heteroatoms. The predicted octanol–water partition coefficient (Wildman–Crippen LogP) is 0.163. The van der Waals surface area contributed by atoms with E-state index in [9.17, 15) is 9.59 Å². The van der Waals surface area contributed by atoms with Crippen LogP contribution in [0.15, 0.2) is 35.6 Å². The highest BCUT2D eigenvalue weighted by Gasteiger charge is 2.29. The molecule has 4 heterocycles. The molecule has 27 heavy (non-hydrogen) atoms. The maximum atomic E-state index is 12.7. The van der Waals surface area contributed by atoms with Crippen LogP contribution in [0.1, 0.15) is 40.9 Å². The SMILES string of the molecule is Cn1c(Cn2cccn2)nnc1[C@H]1CCCN(C(=O)c2c[nH]c(=O)cn2)C1. The maximum absolute atomic E-state index is 12.7. The number of rotatable bonds is 4. The van der Waals surface area contributed by atoms with Crippen molar-refractivity contribution in [3.05, 3.63) is 58.6 Å². The zero-order valence-corrected chi connectivity index (χ0v) is 14.9. The Morgan fingerprint density at radius 1 is 1.37 bits per heavy atom. The van der Waals surface area contributed by atoms with Crippen molar-refractivity contribution in [3.8, 4) is 0 Å². The van der Waals surface area contributed by atoms with Crippen molar-refractivity contribution in [1.82, 2.24) is 39.4 Å². The molecule has 1 amide bonds. The van der Waals surface area contributed by atoms with Gasteiger partial charge in [0.05, 0.1) is 6.20 Å². The summed E-state index contributed by atoms with van der Waals surface area (Å²) in [5.41, 5.74) is -0.0838. The molecule has 3 aromatic heterocycles. The van der Waals surface area contributed by atoms with E-state index in [1.165, 1.54) is 6.20 Å². The van der Waals surface area contributed by atoms with Gasteiger partial charge in [-0.05, 0) is 18.9 Å². The molecule has 1 aliphatic rings. The van der Waals surface area contributed by atoms with Gasteiger partial charge in [-0.3, -0.25) is 14.3 Å². The number of aromatic amines is 1. The van der Waals surface area contributed by atoms with E-state index >= 15 is 0 Å². The molecule has 1 saturated heterocycles. The average molecular weight is 368 g/mol. The van der Waals surface area contributed by atoms with Crippen molar-refractivity contribution in [1.29, 1.82) is 0 Å². The van der Waals surface area contributed by atoms with Crippen LogP contribution in [0.3, 0.4) is 0 Å². The molecule has 0 bridgehead atoms. The van der Waals surface area contributed by atoms with Crippen LogP contribution < -0.4 is 5.56 Å². The lowest BCUT2D eigenvalue weighted by Gasteiger charge is -2.32. The van der Waals surface area contributed by atoms with Gasteiger partial charge in [0.1, 0.15) is 18.1 Å². The Kier molecular flexibility index (Phi) is 4.53. The molecule has 0 unspecified atom stereocenters. The van der Waals surface area contributed by atoms with E-state index in [4.69, 9.17) is 0 Å². The number of H-pyrrole nitrogens is 1. The normalized spacial score (nSPS) is 17.2. The Morgan fingerprint density at radius 2 is 2.26 bits per heavy atom. The number of hydrogen-bond acceptors (Lipinski definition) is 6. The van der Waals surface area contributed by atoms with Gasteiger partial charge in [-0.2, -0.15) is 5.10 Å². The van der Waals surface area contributed by atoms with Crippen LogP contribution in [0.2, 0.25) is 0 Å². The van der Waals surface area contributed by atoms with Gasteiger partial charge in [0.15, 0.2) is 5.82 Å². The number of carbonyl (C=O) groups excluding carboxylic acids is 1. The number of nitrogens with zero attached hydrogens (tertiary/aromatic N) is 7. The van der Waals surface area contributed by atoms with Gasteiger partial charge in [0, 0.05) is 44.6 Å². The van der Waals surface area contributed by atoms with Crippen LogP contribution in [-0.2, 0) is 13.6 Å². The third-order valence-electron chi connectivity index (χ3n) is 4.83. The molecule has 4 rings (SSSR count). The summed E-state index contributed by atoms with van der Waals surface area (Å²) in [6.07, 6.45) is 7.91. The second kappa shape index (κ2) is 7.14. The Balaban J connectivity index is 1.50. The predicted molar refractivity (Wildman–Crippen MR) is 95.1 cm³/mol. The molecule has 0 spiro atoms. The first kappa shape index (κ1) is 17.1. The van der Waals surface area contributed by atoms with E-state index in [2.05, 4.69) is 25.3 Å². The first-order valence-corrected chi connectivity index (χ1v) is 8.81. The molecule has 0 aliphatic carbocycles. The fourth-order valence-electron chi connectivity index (χ4n) is 3.40. The highest BCUT2D eigenvalue weighted by atomic mass is 16.2. The summed E-state index contributed by atoms with van der Waals surface area (Å²) in [6.45, 7) is 1.76. The van der Waals surface area contributed by atoms with Crippen LogP contribution >= 0.6 is 0 Å². The van der Waals surface area contributed by atoms with Crippen molar-refractivity contribution in [3.63, 3.8) is 0 Å². The summed E-state index contributed by atoms with van der Waals surface area (Å²) in [4.78, 5) is 32.0. The molecule has 3 aromatic rings. The molecule has 1 N–H and O–H groups in total. The van der Waals surface area contributed by atoms with Crippen LogP contribution in [0.5, 0.6) is 0 Å². The number of amides is 1. The molecule has 0 radical (unpaired) electrons. The summed E-state index contributed by atoms with van der Waals surface area (Å²) >= 11 is 0. The molecule has 140 valence electrons. The summed E-state index contributed by atoms with van der Waals surface area (Å²) in [5.74, 6) is 1.60. The molecule has 1 fully saturated rings. The molecular weight excluding hydrogens is 348 g/mol. The van der Waals surface area contributed by atoms with Gasteiger partial charge in [-0.1, -0.05) is 0 Å². The van der Waals surface area contributed by atoms with Gasteiger partial charge in [0.2, 0.25) is 0 Å². The topological polar surface area (TPSA) is 115 Å². The minimum Gasteiger partial charge on any atom is -0.337 e. The Labute approximate surface area is 154 Å². The monoisotopic (exact) mass is 368 g/mol. The van der Waals surface area contributed by atoms with Gasteiger partial charge >= 0.3 is 0 Å². The fourth-order valence-corrected chi connectivity index (χ4v) is 3.40.